The lowest BCUT2D eigenvalue weighted by Gasteiger charge is -2.06. The molecule has 2 unspecified atom stereocenters. The van der Waals surface area contributed by atoms with Crippen molar-refractivity contribution < 1.29 is 4.92 Å². The predicted octanol–water partition coefficient (Wildman–Crippen LogP) is 2.96. The number of hydrogen-bond donors (Lipinski definition) is 1. The number of nitrogens with one attached hydrogen (secondary N) is 1. The lowest BCUT2D eigenvalue weighted by molar-refractivity contribution is -0.385. The van der Waals surface area contributed by atoms with Gasteiger partial charge in [0.25, 0.3) is 5.69 Å². The first kappa shape index (κ1) is 11.3. The molecule has 86 valence electrons. The van der Waals surface area contributed by atoms with Crippen LogP contribution in [-0.2, 0) is 0 Å². The Bertz CT molecular complexity index is 425. The summed E-state index contributed by atoms with van der Waals surface area (Å²) in [5.41, 5.74) is 0.000244. The molecule has 1 N–H and O–H groups in total. The maximum absolute atomic E-state index is 10.5. The molecular formula is C10H12BrN3O2. The topological polar surface area (TPSA) is 68.1 Å². The molecule has 0 radical (unpaired) electrons. The van der Waals surface area contributed by atoms with Crippen LogP contribution in [0.4, 0.5) is 11.5 Å². The summed E-state index contributed by atoms with van der Waals surface area (Å²) in [6.45, 7) is 2.16. The van der Waals surface area contributed by atoms with E-state index >= 15 is 0 Å². The van der Waals surface area contributed by atoms with Crippen molar-refractivity contribution in [1.82, 2.24) is 4.98 Å². The van der Waals surface area contributed by atoms with Crippen molar-refractivity contribution in [3.8, 4) is 0 Å². The Hall–Kier alpha value is -1.17. The van der Waals surface area contributed by atoms with Gasteiger partial charge in [-0.15, -0.1) is 0 Å². The van der Waals surface area contributed by atoms with Crippen LogP contribution in [0.5, 0.6) is 0 Å². The van der Waals surface area contributed by atoms with Crippen molar-refractivity contribution in [2.75, 3.05) is 5.32 Å². The maximum Gasteiger partial charge on any atom is 0.288 e. The molecule has 2 atom stereocenters. The number of rotatable bonds is 4. The highest BCUT2D eigenvalue weighted by Gasteiger charge is 2.35. The molecule has 0 spiro atoms. The minimum absolute atomic E-state index is 0.000244. The van der Waals surface area contributed by atoms with E-state index in [1.807, 2.05) is 0 Å². The van der Waals surface area contributed by atoms with E-state index in [1.54, 1.807) is 0 Å². The molecule has 0 saturated heterocycles. The zero-order valence-corrected chi connectivity index (χ0v) is 10.4. The molecule has 0 aromatic carbocycles. The van der Waals surface area contributed by atoms with Gasteiger partial charge in [0.05, 0.1) is 9.40 Å². The van der Waals surface area contributed by atoms with Crippen LogP contribution in [0.3, 0.4) is 0 Å². The van der Waals surface area contributed by atoms with Crippen LogP contribution in [0.15, 0.2) is 16.7 Å². The molecule has 1 fully saturated rings. The average Bonchev–Trinajstić information content (AvgIpc) is 2.99. The van der Waals surface area contributed by atoms with E-state index in [2.05, 4.69) is 33.2 Å². The van der Waals surface area contributed by atoms with Crippen molar-refractivity contribution in [2.45, 2.75) is 25.8 Å². The minimum atomic E-state index is -0.451. The van der Waals surface area contributed by atoms with E-state index in [9.17, 15) is 10.1 Å². The van der Waals surface area contributed by atoms with Gasteiger partial charge in [0.1, 0.15) is 12.0 Å². The smallest absolute Gasteiger partial charge is 0.288 e. The molecule has 16 heavy (non-hydrogen) atoms. The Morgan fingerprint density at radius 3 is 3.00 bits per heavy atom. The summed E-state index contributed by atoms with van der Waals surface area (Å²) in [5, 5.41) is 13.8. The average molecular weight is 286 g/mol. The molecule has 1 aliphatic carbocycles. The Balaban J connectivity index is 2.08. The molecule has 0 amide bonds. The van der Waals surface area contributed by atoms with Gasteiger partial charge in [0, 0.05) is 12.1 Å². The van der Waals surface area contributed by atoms with Gasteiger partial charge in [-0.25, -0.2) is 4.98 Å². The summed E-state index contributed by atoms with van der Waals surface area (Å²) in [6.07, 6.45) is 3.58. The molecule has 1 saturated carbocycles. The van der Waals surface area contributed by atoms with Crippen molar-refractivity contribution >= 4 is 27.4 Å². The Morgan fingerprint density at radius 2 is 2.50 bits per heavy atom. The number of anilines is 1. The Kier molecular flexibility index (Phi) is 3.09. The molecule has 1 aromatic rings. The fraction of sp³-hybridized carbons (Fsp3) is 0.500. The highest BCUT2D eigenvalue weighted by molar-refractivity contribution is 9.10. The van der Waals surface area contributed by atoms with Crippen LogP contribution in [-0.4, -0.2) is 15.9 Å². The fourth-order valence-corrected chi connectivity index (χ4v) is 2.14. The van der Waals surface area contributed by atoms with Crippen molar-refractivity contribution in [1.29, 1.82) is 0 Å². The van der Waals surface area contributed by atoms with Crippen molar-refractivity contribution in [3.05, 3.63) is 26.9 Å². The van der Waals surface area contributed by atoms with Crippen molar-refractivity contribution in [3.63, 3.8) is 0 Å². The third kappa shape index (κ3) is 2.32. The van der Waals surface area contributed by atoms with Crippen LogP contribution in [0, 0.1) is 16.0 Å². The summed E-state index contributed by atoms with van der Waals surface area (Å²) >= 11 is 3.28. The number of halogens is 1. The second kappa shape index (κ2) is 4.37. The molecule has 0 aliphatic heterocycles. The van der Waals surface area contributed by atoms with E-state index < -0.39 is 4.92 Å². The fourth-order valence-electron chi connectivity index (χ4n) is 1.69. The summed E-state index contributed by atoms with van der Waals surface area (Å²) in [5.74, 6) is 1.40. The molecule has 5 nitrogen and oxygen atoms in total. The van der Waals surface area contributed by atoms with Crippen molar-refractivity contribution in [2.24, 2.45) is 5.92 Å². The lowest BCUT2D eigenvalue weighted by atomic mass is 10.3. The SMILES string of the molecule is CCC1CC1Nc1ncc([N+](=O)[O-])cc1Br. The zero-order valence-electron chi connectivity index (χ0n) is 8.81. The van der Waals surface area contributed by atoms with Crippen LogP contribution in [0.2, 0.25) is 0 Å². The van der Waals surface area contributed by atoms with Gasteiger partial charge >= 0.3 is 0 Å². The molecule has 1 heterocycles. The summed E-state index contributed by atoms with van der Waals surface area (Å²) in [4.78, 5) is 14.1. The van der Waals surface area contributed by atoms with Gasteiger partial charge in [-0.3, -0.25) is 10.1 Å². The highest BCUT2D eigenvalue weighted by atomic mass is 79.9. The minimum Gasteiger partial charge on any atom is -0.366 e. The quantitative estimate of drug-likeness (QED) is 0.682. The van der Waals surface area contributed by atoms with Crippen LogP contribution in [0.1, 0.15) is 19.8 Å². The second-order valence-corrected chi connectivity index (χ2v) is 4.79. The van der Waals surface area contributed by atoms with E-state index in [0.29, 0.717) is 22.3 Å². The van der Waals surface area contributed by atoms with E-state index in [0.717, 1.165) is 12.8 Å². The molecule has 6 heteroatoms. The van der Waals surface area contributed by atoms with E-state index in [1.165, 1.54) is 12.3 Å². The van der Waals surface area contributed by atoms with Gasteiger partial charge in [-0.2, -0.15) is 0 Å². The Labute approximate surface area is 102 Å². The van der Waals surface area contributed by atoms with Gasteiger partial charge in [-0.1, -0.05) is 13.3 Å². The molecular weight excluding hydrogens is 274 g/mol. The molecule has 0 bridgehead atoms. The number of hydrogen-bond acceptors (Lipinski definition) is 4. The second-order valence-electron chi connectivity index (χ2n) is 3.94. The third-order valence-corrected chi connectivity index (χ3v) is 3.41. The summed E-state index contributed by atoms with van der Waals surface area (Å²) in [6, 6.07) is 1.94. The van der Waals surface area contributed by atoms with Gasteiger partial charge in [-0.05, 0) is 28.3 Å². The summed E-state index contributed by atoms with van der Waals surface area (Å²) < 4.78 is 0.642. The third-order valence-electron chi connectivity index (χ3n) is 2.81. The van der Waals surface area contributed by atoms with Gasteiger partial charge < -0.3 is 5.32 Å². The molecule has 1 aliphatic rings. The van der Waals surface area contributed by atoms with Gasteiger partial charge in [0.2, 0.25) is 0 Å². The standard InChI is InChI=1S/C10H12BrN3O2/c1-2-6-3-9(6)13-10-8(11)4-7(5-12-10)14(15)16/h4-6,9H,2-3H2,1H3,(H,12,13). The Morgan fingerprint density at radius 1 is 1.75 bits per heavy atom. The first-order valence-electron chi connectivity index (χ1n) is 5.18. The maximum atomic E-state index is 10.5. The number of nitro groups is 1. The number of aromatic nitrogens is 1. The number of pyridine rings is 1. The van der Waals surface area contributed by atoms with Crippen LogP contribution < -0.4 is 5.32 Å². The number of nitrogens with zero attached hydrogens (tertiary/aromatic N) is 2. The zero-order chi connectivity index (χ0) is 11.7. The van der Waals surface area contributed by atoms with Gasteiger partial charge in [0.15, 0.2) is 0 Å². The first-order chi connectivity index (χ1) is 7.61. The first-order valence-corrected chi connectivity index (χ1v) is 5.97. The lowest BCUT2D eigenvalue weighted by Crippen LogP contribution is -2.06. The van der Waals surface area contributed by atoms with Crippen LogP contribution >= 0.6 is 15.9 Å². The molecule has 2 rings (SSSR count). The summed E-state index contributed by atoms with van der Waals surface area (Å²) in [7, 11) is 0. The van der Waals surface area contributed by atoms with E-state index in [4.69, 9.17) is 0 Å². The predicted molar refractivity (Wildman–Crippen MR) is 64.4 cm³/mol. The highest BCUT2D eigenvalue weighted by Crippen LogP contribution is 2.37. The normalized spacial score (nSPS) is 22.9. The monoisotopic (exact) mass is 285 g/mol. The van der Waals surface area contributed by atoms with Crippen LogP contribution in [0.25, 0.3) is 0 Å². The molecule has 1 aromatic heterocycles. The largest absolute Gasteiger partial charge is 0.366 e. The van der Waals surface area contributed by atoms with E-state index in [-0.39, 0.29) is 5.69 Å².